The van der Waals surface area contributed by atoms with Crippen LogP contribution in [0, 0.1) is 0 Å². The first kappa shape index (κ1) is 15.9. The smallest absolute Gasteiger partial charge is 0.147 e. The highest BCUT2D eigenvalue weighted by Crippen LogP contribution is 2.29. The first-order valence-corrected chi connectivity index (χ1v) is 7.06. The van der Waals surface area contributed by atoms with Crippen molar-refractivity contribution in [1.82, 2.24) is 5.32 Å². The highest BCUT2D eigenvalue weighted by atomic mass is 16.3. The Hall–Kier alpha value is -2.53. The average Bonchev–Trinajstić information content (AvgIpc) is 2.53. The Morgan fingerprint density at radius 1 is 1.18 bits per heavy atom. The number of hydrogen-bond donors (Lipinski definition) is 2. The monoisotopic (exact) mass is 297 g/mol. The number of likely N-dealkylation sites (N-methyl/N-ethyl adjacent to an activating group) is 1. The summed E-state index contributed by atoms with van der Waals surface area (Å²) in [5, 5.41) is 21.0. The predicted octanol–water partition coefficient (Wildman–Crippen LogP) is 3.53. The summed E-state index contributed by atoms with van der Waals surface area (Å²) in [5.74, 6) is 0.135. The van der Waals surface area contributed by atoms with Crippen LogP contribution in [0.2, 0.25) is 0 Å². The van der Waals surface area contributed by atoms with Crippen molar-refractivity contribution < 1.29 is 9.90 Å². The fourth-order valence-electron chi connectivity index (χ4n) is 2.07. The molecule has 0 aliphatic carbocycles. The van der Waals surface area contributed by atoms with Crippen molar-refractivity contribution in [3.63, 3.8) is 0 Å². The number of carbonyl (C=O) groups is 1. The lowest BCUT2D eigenvalue weighted by Crippen LogP contribution is -2.34. The molecule has 1 unspecified atom stereocenters. The van der Waals surface area contributed by atoms with Gasteiger partial charge in [-0.2, -0.15) is 5.11 Å². The lowest BCUT2D eigenvalue weighted by molar-refractivity contribution is -0.118. The molecule has 114 valence electrons. The first-order valence-electron chi connectivity index (χ1n) is 7.06. The zero-order valence-corrected chi connectivity index (χ0v) is 12.7. The number of aromatic hydroxyl groups is 1. The third-order valence-corrected chi connectivity index (χ3v) is 3.35. The standard InChI is InChI=1S/C17H19N3O2/c1-12(21)15(18-2)10-13-8-9-17(22)16(11-13)20-19-14-6-4-3-5-7-14/h3-9,11,15,18,22H,10H2,1-2H3. The number of nitrogens with one attached hydrogen (secondary N) is 1. The van der Waals surface area contributed by atoms with Crippen LogP contribution >= 0.6 is 0 Å². The summed E-state index contributed by atoms with van der Waals surface area (Å²) in [5.41, 5.74) is 2.01. The molecule has 0 amide bonds. The number of Topliss-reactive ketones (excluding diaryl/α,β-unsaturated/α-hetero) is 1. The van der Waals surface area contributed by atoms with Gasteiger partial charge in [0, 0.05) is 0 Å². The van der Waals surface area contributed by atoms with Gasteiger partial charge in [-0.05, 0) is 50.2 Å². The quantitative estimate of drug-likeness (QED) is 0.801. The van der Waals surface area contributed by atoms with Crippen molar-refractivity contribution in [3.8, 4) is 5.75 Å². The van der Waals surface area contributed by atoms with Crippen molar-refractivity contribution in [1.29, 1.82) is 0 Å². The number of benzene rings is 2. The number of nitrogens with zero attached hydrogens (tertiary/aromatic N) is 2. The van der Waals surface area contributed by atoms with Crippen LogP contribution in [0.4, 0.5) is 11.4 Å². The van der Waals surface area contributed by atoms with Crippen molar-refractivity contribution in [2.45, 2.75) is 19.4 Å². The molecule has 0 saturated heterocycles. The van der Waals surface area contributed by atoms with Gasteiger partial charge in [-0.25, -0.2) is 0 Å². The molecule has 0 saturated carbocycles. The van der Waals surface area contributed by atoms with Gasteiger partial charge in [0.25, 0.3) is 0 Å². The molecule has 0 aromatic heterocycles. The number of azo groups is 1. The molecular formula is C17H19N3O2. The van der Waals surface area contributed by atoms with E-state index >= 15 is 0 Å². The minimum Gasteiger partial charge on any atom is -0.506 e. The number of phenolic OH excluding ortho intramolecular Hbond substituents is 1. The summed E-state index contributed by atoms with van der Waals surface area (Å²) in [6, 6.07) is 14.2. The van der Waals surface area contributed by atoms with E-state index in [-0.39, 0.29) is 17.6 Å². The average molecular weight is 297 g/mol. The number of carbonyl (C=O) groups excluding carboxylic acids is 1. The van der Waals surface area contributed by atoms with Crippen LogP contribution in [-0.4, -0.2) is 24.0 Å². The summed E-state index contributed by atoms with van der Waals surface area (Å²) in [6.07, 6.45) is 0.542. The first-order chi connectivity index (χ1) is 10.6. The molecule has 5 nitrogen and oxygen atoms in total. The van der Waals surface area contributed by atoms with Gasteiger partial charge in [-0.15, -0.1) is 5.11 Å². The molecule has 2 rings (SSSR count). The highest BCUT2D eigenvalue weighted by molar-refractivity contribution is 5.81. The maximum Gasteiger partial charge on any atom is 0.147 e. The Bertz CT molecular complexity index is 669. The second kappa shape index (κ2) is 7.47. The normalized spacial score (nSPS) is 12.5. The van der Waals surface area contributed by atoms with Crippen molar-refractivity contribution in [3.05, 3.63) is 54.1 Å². The SMILES string of the molecule is CNC(Cc1ccc(O)c(N=Nc2ccccc2)c1)C(C)=O. The largest absolute Gasteiger partial charge is 0.506 e. The van der Waals surface area contributed by atoms with E-state index in [4.69, 9.17) is 0 Å². The topological polar surface area (TPSA) is 74.0 Å². The van der Waals surface area contributed by atoms with E-state index in [2.05, 4.69) is 15.5 Å². The molecule has 0 spiro atoms. The van der Waals surface area contributed by atoms with Gasteiger partial charge in [0.15, 0.2) is 0 Å². The van der Waals surface area contributed by atoms with Gasteiger partial charge in [-0.3, -0.25) is 4.79 Å². The van der Waals surface area contributed by atoms with Crippen LogP contribution in [-0.2, 0) is 11.2 Å². The molecule has 0 aliphatic rings. The van der Waals surface area contributed by atoms with Crippen LogP contribution in [0.1, 0.15) is 12.5 Å². The molecule has 0 bridgehead atoms. The van der Waals surface area contributed by atoms with Crippen LogP contribution in [0.25, 0.3) is 0 Å². The second-order valence-electron chi connectivity index (χ2n) is 5.01. The van der Waals surface area contributed by atoms with Crippen molar-refractivity contribution in [2.75, 3.05) is 7.05 Å². The number of rotatable bonds is 6. The van der Waals surface area contributed by atoms with Crippen LogP contribution < -0.4 is 5.32 Å². The lowest BCUT2D eigenvalue weighted by atomic mass is 10.0. The molecule has 0 radical (unpaired) electrons. The molecule has 1 atom stereocenters. The minimum atomic E-state index is -0.247. The molecule has 0 fully saturated rings. The number of hydrogen-bond acceptors (Lipinski definition) is 5. The fourth-order valence-corrected chi connectivity index (χ4v) is 2.07. The van der Waals surface area contributed by atoms with Gasteiger partial charge in [0.1, 0.15) is 17.2 Å². The van der Waals surface area contributed by atoms with Crippen molar-refractivity contribution in [2.24, 2.45) is 10.2 Å². The van der Waals surface area contributed by atoms with Crippen molar-refractivity contribution >= 4 is 17.2 Å². The van der Waals surface area contributed by atoms with Gasteiger partial charge >= 0.3 is 0 Å². The molecule has 2 aromatic rings. The maximum atomic E-state index is 11.5. The maximum absolute atomic E-state index is 11.5. The van der Waals surface area contributed by atoms with Crippen LogP contribution in [0.15, 0.2) is 58.8 Å². The van der Waals surface area contributed by atoms with Gasteiger partial charge < -0.3 is 10.4 Å². The minimum absolute atomic E-state index is 0.0623. The Labute approximate surface area is 129 Å². The van der Waals surface area contributed by atoms with E-state index in [9.17, 15) is 9.90 Å². The van der Waals surface area contributed by atoms with Crippen LogP contribution in [0.5, 0.6) is 5.75 Å². The van der Waals surface area contributed by atoms with E-state index in [0.717, 1.165) is 5.56 Å². The van der Waals surface area contributed by atoms with E-state index in [0.29, 0.717) is 17.8 Å². The Morgan fingerprint density at radius 2 is 1.91 bits per heavy atom. The summed E-state index contributed by atoms with van der Waals surface area (Å²) >= 11 is 0. The Balaban J connectivity index is 2.20. The summed E-state index contributed by atoms with van der Waals surface area (Å²) < 4.78 is 0. The molecule has 0 heterocycles. The van der Waals surface area contributed by atoms with E-state index < -0.39 is 0 Å². The molecule has 2 N–H and O–H groups in total. The third-order valence-electron chi connectivity index (χ3n) is 3.35. The molecule has 0 aliphatic heterocycles. The molecular weight excluding hydrogens is 278 g/mol. The van der Waals surface area contributed by atoms with E-state index in [1.807, 2.05) is 30.3 Å². The molecule has 5 heteroatoms. The molecule has 2 aromatic carbocycles. The fraction of sp³-hybridized carbons (Fsp3) is 0.235. The predicted molar refractivity (Wildman–Crippen MR) is 86.0 cm³/mol. The summed E-state index contributed by atoms with van der Waals surface area (Å²) in [4.78, 5) is 11.5. The van der Waals surface area contributed by atoms with E-state index in [1.54, 1.807) is 32.2 Å². The lowest BCUT2D eigenvalue weighted by Gasteiger charge is -2.13. The Kier molecular flexibility index (Phi) is 5.38. The van der Waals surface area contributed by atoms with E-state index in [1.165, 1.54) is 0 Å². The summed E-state index contributed by atoms with van der Waals surface area (Å²) in [6.45, 7) is 1.55. The zero-order chi connectivity index (χ0) is 15.9. The molecule has 22 heavy (non-hydrogen) atoms. The highest BCUT2D eigenvalue weighted by Gasteiger charge is 2.13. The van der Waals surface area contributed by atoms with Gasteiger partial charge in [-0.1, -0.05) is 24.3 Å². The van der Waals surface area contributed by atoms with Gasteiger partial charge in [0.05, 0.1) is 11.7 Å². The number of ketones is 1. The number of phenols is 1. The third kappa shape index (κ3) is 4.23. The second-order valence-corrected chi connectivity index (χ2v) is 5.01. The van der Waals surface area contributed by atoms with Crippen LogP contribution in [0.3, 0.4) is 0 Å². The Morgan fingerprint density at radius 3 is 2.55 bits per heavy atom. The van der Waals surface area contributed by atoms with Gasteiger partial charge in [0.2, 0.25) is 0 Å². The summed E-state index contributed by atoms with van der Waals surface area (Å²) in [7, 11) is 1.75. The zero-order valence-electron chi connectivity index (χ0n) is 12.7.